The van der Waals surface area contributed by atoms with Crippen molar-refractivity contribution in [2.24, 2.45) is 0 Å². The fourth-order valence-corrected chi connectivity index (χ4v) is 3.75. The average Bonchev–Trinajstić information content (AvgIpc) is 2.80. The Morgan fingerprint density at radius 2 is 2.19 bits per heavy atom. The number of aliphatic hydroxyl groups excluding tert-OH is 1. The summed E-state index contributed by atoms with van der Waals surface area (Å²) in [6.07, 6.45) is 1.12. The van der Waals surface area contributed by atoms with Crippen LogP contribution in [0.1, 0.15) is 33.8 Å². The largest absolute Gasteiger partial charge is 0.397 e. The summed E-state index contributed by atoms with van der Waals surface area (Å²) < 4.78 is 0. The highest BCUT2D eigenvalue weighted by atomic mass is 32.1. The Morgan fingerprint density at radius 1 is 1.43 bits per heavy atom. The number of β-amino-alcohol motifs (C(OH)–C–C–N with tert-alkyl or cyclic N) is 1. The van der Waals surface area contributed by atoms with E-state index in [1.165, 1.54) is 11.3 Å². The predicted molar refractivity (Wildman–Crippen MR) is 82.4 cm³/mol. The van der Waals surface area contributed by atoms with Gasteiger partial charge in [0.1, 0.15) is 9.71 Å². The summed E-state index contributed by atoms with van der Waals surface area (Å²) in [6.45, 7) is 4.85. The lowest BCUT2D eigenvalue weighted by atomic mass is 10.1. The number of hydrogen-bond donors (Lipinski definition) is 2. The smallest absolute Gasteiger partial charge is 0.266 e. The summed E-state index contributed by atoms with van der Waals surface area (Å²) in [6, 6.07) is 0. The van der Waals surface area contributed by atoms with Gasteiger partial charge in [-0.3, -0.25) is 4.79 Å². The van der Waals surface area contributed by atoms with Crippen molar-refractivity contribution in [2.75, 3.05) is 18.8 Å². The van der Waals surface area contributed by atoms with Crippen molar-refractivity contribution < 1.29 is 9.90 Å². The lowest BCUT2D eigenvalue weighted by Crippen LogP contribution is -2.42. The van der Waals surface area contributed by atoms with Crippen LogP contribution in [0.3, 0.4) is 0 Å². The molecule has 0 aromatic carbocycles. The van der Waals surface area contributed by atoms with Crippen LogP contribution in [0.25, 0.3) is 10.2 Å². The molecule has 21 heavy (non-hydrogen) atoms. The normalized spacial score (nSPS) is 19.2. The second kappa shape index (κ2) is 5.23. The van der Waals surface area contributed by atoms with Gasteiger partial charge in [0.05, 0.1) is 17.5 Å². The number of rotatable bonds is 1. The molecule has 0 aliphatic carbocycles. The number of nitrogens with two attached hydrogens (primary N) is 1. The molecular formula is C14H18N4O2S. The topological polar surface area (TPSA) is 92.3 Å². The highest BCUT2D eigenvalue weighted by Crippen LogP contribution is 2.35. The Labute approximate surface area is 126 Å². The number of thiophene rings is 1. The molecule has 1 unspecified atom stereocenters. The monoisotopic (exact) mass is 306 g/mol. The van der Waals surface area contributed by atoms with Crippen LogP contribution in [0.5, 0.6) is 0 Å². The van der Waals surface area contributed by atoms with Crippen molar-refractivity contribution in [2.45, 2.75) is 32.8 Å². The zero-order chi connectivity index (χ0) is 15.1. The van der Waals surface area contributed by atoms with Crippen molar-refractivity contribution in [1.29, 1.82) is 0 Å². The minimum absolute atomic E-state index is 0.119. The number of anilines is 1. The van der Waals surface area contributed by atoms with Gasteiger partial charge in [0.2, 0.25) is 0 Å². The molecule has 6 nitrogen and oxygen atoms in total. The minimum atomic E-state index is -0.443. The zero-order valence-electron chi connectivity index (χ0n) is 12.1. The van der Waals surface area contributed by atoms with Gasteiger partial charge < -0.3 is 15.7 Å². The summed E-state index contributed by atoms with van der Waals surface area (Å²) in [5.74, 6) is -0.119. The molecule has 2 aromatic rings. The van der Waals surface area contributed by atoms with E-state index in [2.05, 4.69) is 10.2 Å². The van der Waals surface area contributed by atoms with Crippen LogP contribution in [-0.2, 0) is 0 Å². The summed E-state index contributed by atoms with van der Waals surface area (Å²) in [5.41, 5.74) is 8.45. The molecule has 1 aliphatic heterocycles. The molecule has 112 valence electrons. The van der Waals surface area contributed by atoms with Gasteiger partial charge in [0, 0.05) is 18.5 Å². The van der Waals surface area contributed by atoms with Crippen molar-refractivity contribution in [1.82, 2.24) is 15.1 Å². The molecule has 2 aromatic heterocycles. The predicted octanol–water partition coefficient (Wildman–Crippen LogP) is 1.49. The minimum Gasteiger partial charge on any atom is -0.397 e. The maximum atomic E-state index is 12.6. The summed E-state index contributed by atoms with van der Waals surface area (Å²) in [7, 11) is 0. The number of piperidine rings is 1. The maximum Gasteiger partial charge on any atom is 0.266 e. The molecule has 0 saturated carbocycles. The third kappa shape index (κ3) is 2.36. The van der Waals surface area contributed by atoms with Crippen molar-refractivity contribution in [3.8, 4) is 0 Å². The maximum absolute atomic E-state index is 12.6. The van der Waals surface area contributed by atoms with Gasteiger partial charge in [-0.1, -0.05) is 0 Å². The van der Waals surface area contributed by atoms with E-state index in [0.29, 0.717) is 28.5 Å². The van der Waals surface area contributed by atoms with Crippen LogP contribution in [-0.4, -0.2) is 45.3 Å². The molecule has 0 spiro atoms. The number of carbonyl (C=O) groups excluding carboxylic acids is 1. The van der Waals surface area contributed by atoms with Crippen molar-refractivity contribution in [3.63, 3.8) is 0 Å². The molecule has 7 heteroatoms. The number of carbonyl (C=O) groups is 1. The molecule has 1 amide bonds. The Balaban J connectivity index is 2.02. The Morgan fingerprint density at radius 3 is 2.90 bits per heavy atom. The lowest BCUT2D eigenvalue weighted by Gasteiger charge is -2.29. The standard InChI is InChI=1S/C14H18N4O2S/c1-7-8(2)16-17-13-10(7)11(15)12(21-13)14(20)18-5-3-4-9(19)6-18/h9,19H,3-6,15H2,1-2H3. The second-order valence-corrected chi connectivity index (χ2v) is 6.48. The number of aryl methyl sites for hydroxylation is 2. The number of likely N-dealkylation sites (tertiary alicyclic amines) is 1. The van der Waals surface area contributed by atoms with Gasteiger partial charge in [0.25, 0.3) is 5.91 Å². The number of amides is 1. The third-order valence-electron chi connectivity index (χ3n) is 4.01. The fourth-order valence-electron chi connectivity index (χ4n) is 2.68. The number of nitrogen functional groups attached to an aromatic ring is 1. The zero-order valence-corrected chi connectivity index (χ0v) is 12.9. The van der Waals surface area contributed by atoms with Gasteiger partial charge in [-0.05, 0) is 32.3 Å². The summed E-state index contributed by atoms with van der Waals surface area (Å²) in [5, 5.41) is 18.8. The number of aromatic nitrogens is 2. The molecule has 1 aliphatic rings. The van der Waals surface area contributed by atoms with Crippen molar-refractivity contribution in [3.05, 3.63) is 16.1 Å². The number of hydrogen-bond acceptors (Lipinski definition) is 6. The van der Waals surface area contributed by atoms with Crippen LogP contribution in [0.4, 0.5) is 5.69 Å². The summed E-state index contributed by atoms with van der Waals surface area (Å²) >= 11 is 1.28. The van der Waals surface area contributed by atoms with E-state index in [1.807, 2.05) is 13.8 Å². The van der Waals surface area contributed by atoms with E-state index in [4.69, 9.17) is 5.73 Å². The quantitative estimate of drug-likeness (QED) is 0.832. The van der Waals surface area contributed by atoms with Crippen LogP contribution >= 0.6 is 11.3 Å². The molecule has 3 rings (SSSR count). The second-order valence-electron chi connectivity index (χ2n) is 5.48. The van der Waals surface area contributed by atoms with Crippen molar-refractivity contribution >= 4 is 33.1 Å². The third-order valence-corrected chi connectivity index (χ3v) is 5.09. The van der Waals surface area contributed by atoms with Crippen LogP contribution in [0.2, 0.25) is 0 Å². The fraction of sp³-hybridized carbons (Fsp3) is 0.500. The van der Waals surface area contributed by atoms with E-state index >= 15 is 0 Å². The van der Waals surface area contributed by atoms with Crippen LogP contribution < -0.4 is 5.73 Å². The van der Waals surface area contributed by atoms with E-state index in [1.54, 1.807) is 4.90 Å². The Hall–Kier alpha value is -1.73. The molecule has 0 bridgehead atoms. The molecule has 0 radical (unpaired) electrons. The molecule has 1 fully saturated rings. The number of fused-ring (bicyclic) bond motifs is 1. The van der Waals surface area contributed by atoms with Gasteiger partial charge in [0.15, 0.2) is 0 Å². The first-order valence-electron chi connectivity index (χ1n) is 6.98. The van der Waals surface area contributed by atoms with Gasteiger partial charge in [-0.15, -0.1) is 16.4 Å². The van der Waals surface area contributed by atoms with Crippen LogP contribution in [0.15, 0.2) is 0 Å². The van der Waals surface area contributed by atoms with E-state index < -0.39 is 6.10 Å². The SMILES string of the molecule is Cc1nnc2sc(C(=O)N3CCCC(O)C3)c(N)c2c1C. The molecule has 1 saturated heterocycles. The van der Waals surface area contributed by atoms with E-state index in [-0.39, 0.29) is 5.91 Å². The Bertz CT molecular complexity index is 713. The highest BCUT2D eigenvalue weighted by Gasteiger charge is 2.27. The van der Waals surface area contributed by atoms with Gasteiger partial charge in [-0.2, -0.15) is 5.10 Å². The molecule has 3 N–H and O–H groups in total. The molecule has 3 heterocycles. The first kappa shape index (κ1) is 14.2. The Kier molecular flexibility index (Phi) is 3.54. The highest BCUT2D eigenvalue weighted by molar-refractivity contribution is 7.21. The lowest BCUT2D eigenvalue weighted by molar-refractivity contribution is 0.0478. The first-order chi connectivity index (χ1) is 9.99. The average molecular weight is 306 g/mol. The van der Waals surface area contributed by atoms with Gasteiger partial charge in [-0.25, -0.2) is 0 Å². The van der Waals surface area contributed by atoms with E-state index in [0.717, 1.165) is 29.5 Å². The number of aliphatic hydroxyl groups is 1. The van der Waals surface area contributed by atoms with E-state index in [9.17, 15) is 9.90 Å². The number of nitrogens with zero attached hydrogens (tertiary/aromatic N) is 3. The molecule has 1 atom stereocenters. The summed E-state index contributed by atoms with van der Waals surface area (Å²) in [4.78, 5) is 15.5. The van der Waals surface area contributed by atoms with Crippen LogP contribution in [0, 0.1) is 13.8 Å². The first-order valence-corrected chi connectivity index (χ1v) is 7.80. The van der Waals surface area contributed by atoms with Gasteiger partial charge >= 0.3 is 0 Å². The molecular weight excluding hydrogens is 288 g/mol.